The molecule has 102 valence electrons. The molecule has 0 aliphatic carbocycles. The lowest BCUT2D eigenvalue weighted by Gasteiger charge is -2.27. The topological polar surface area (TPSA) is 41.6 Å². The van der Waals surface area contributed by atoms with Crippen LogP contribution >= 0.6 is 0 Å². The van der Waals surface area contributed by atoms with Crippen molar-refractivity contribution in [3.05, 3.63) is 35.4 Å². The summed E-state index contributed by atoms with van der Waals surface area (Å²) < 4.78 is 5.40. The zero-order chi connectivity index (χ0) is 13.2. The number of amides is 1. The maximum absolute atomic E-state index is 12.0. The third kappa shape index (κ3) is 2.65. The summed E-state index contributed by atoms with van der Waals surface area (Å²) in [4.78, 5) is 14.0. The van der Waals surface area contributed by atoms with E-state index in [0.717, 1.165) is 31.7 Å². The Labute approximate surface area is 113 Å². The van der Waals surface area contributed by atoms with Crippen LogP contribution in [0, 0.1) is 12.8 Å². The van der Waals surface area contributed by atoms with Gasteiger partial charge in [-0.15, -0.1) is 0 Å². The number of rotatable bonds is 3. The minimum absolute atomic E-state index is 0.0219. The van der Waals surface area contributed by atoms with Crippen LogP contribution in [0.4, 0.5) is 0 Å². The smallest absolute Gasteiger partial charge is 0.238 e. The van der Waals surface area contributed by atoms with Crippen LogP contribution in [0.1, 0.15) is 23.7 Å². The number of aryl methyl sites for hydroxylation is 1. The Balaban J connectivity index is 1.75. The van der Waals surface area contributed by atoms with Gasteiger partial charge in [-0.05, 0) is 18.9 Å². The third-order valence-corrected chi connectivity index (χ3v) is 3.95. The SMILES string of the molecule is Cc1ccc(C2NCC(=O)N2CC2CCOC2)cc1. The second kappa shape index (κ2) is 5.31. The second-order valence-electron chi connectivity index (χ2n) is 5.47. The van der Waals surface area contributed by atoms with Crippen molar-refractivity contribution >= 4 is 5.91 Å². The average Bonchev–Trinajstić information content (AvgIpc) is 3.03. The molecule has 0 bridgehead atoms. The highest BCUT2D eigenvalue weighted by atomic mass is 16.5. The Morgan fingerprint density at radius 3 is 2.84 bits per heavy atom. The van der Waals surface area contributed by atoms with E-state index < -0.39 is 0 Å². The number of nitrogens with zero attached hydrogens (tertiary/aromatic N) is 1. The van der Waals surface area contributed by atoms with E-state index in [9.17, 15) is 4.79 Å². The zero-order valence-electron chi connectivity index (χ0n) is 11.3. The summed E-state index contributed by atoms with van der Waals surface area (Å²) in [7, 11) is 0. The van der Waals surface area contributed by atoms with Crippen LogP contribution in [-0.4, -0.2) is 37.1 Å². The molecule has 3 rings (SSSR count). The zero-order valence-corrected chi connectivity index (χ0v) is 11.3. The lowest BCUT2D eigenvalue weighted by atomic mass is 10.1. The molecular weight excluding hydrogens is 240 g/mol. The Bertz CT molecular complexity index is 452. The maximum Gasteiger partial charge on any atom is 0.238 e. The molecule has 19 heavy (non-hydrogen) atoms. The first-order valence-corrected chi connectivity index (χ1v) is 6.91. The molecule has 1 N–H and O–H groups in total. The summed E-state index contributed by atoms with van der Waals surface area (Å²) in [5.41, 5.74) is 2.40. The van der Waals surface area contributed by atoms with Crippen molar-refractivity contribution in [2.45, 2.75) is 19.5 Å². The summed E-state index contributed by atoms with van der Waals surface area (Å²) >= 11 is 0. The molecule has 2 saturated heterocycles. The van der Waals surface area contributed by atoms with Gasteiger partial charge in [-0.2, -0.15) is 0 Å². The molecule has 1 aromatic carbocycles. The summed E-state index contributed by atoms with van der Waals surface area (Å²) in [6.07, 6.45) is 1.08. The molecule has 2 unspecified atom stereocenters. The van der Waals surface area contributed by atoms with Crippen molar-refractivity contribution in [2.24, 2.45) is 5.92 Å². The van der Waals surface area contributed by atoms with Gasteiger partial charge in [0.25, 0.3) is 0 Å². The van der Waals surface area contributed by atoms with Gasteiger partial charge in [0.2, 0.25) is 5.91 Å². The number of hydrogen-bond acceptors (Lipinski definition) is 3. The lowest BCUT2D eigenvalue weighted by molar-refractivity contribution is -0.128. The summed E-state index contributed by atoms with van der Waals surface area (Å²) in [6.45, 7) is 4.92. The van der Waals surface area contributed by atoms with E-state index in [1.165, 1.54) is 5.56 Å². The molecule has 0 spiro atoms. The van der Waals surface area contributed by atoms with Gasteiger partial charge in [0.15, 0.2) is 0 Å². The highest BCUT2D eigenvalue weighted by Crippen LogP contribution is 2.25. The van der Waals surface area contributed by atoms with E-state index in [1.807, 2.05) is 4.90 Å². The van der Waals surface area contributed by atoms with Gasteiger partial charge in [-0.1, -0.05) is 29.8 Å². The van der Waals surface area contributed by atoms with Crippen molar-refractivity contribution in [1.29, 1.82) is 0 Å². The van der Waals surface area contributed by atoms with Crippen LogP contribution in [0.5, 0.6) is 0 Å². The van der Waals surface area contributed by atoms with Gasteiger partial charge >= 0.3 is 0 Å². The minimum atomic E-state index is 0.0219. The minimum Gasteiger partial charge on any atom is -0.381 e. The fraction of sp³-hybridized carbons (Fsp3) is 0.533. The van der Waals surface area contributed by atoms with Crippen LogP contribution in [0.15, 0.2) is 24.3 Å². The molecule has 2 aliphatic heterocycles. The Kier molecular flexibility index (Phi) is 3.53. The molecule has 2 atom stereocenters. The average molecular weight is 260 g/mol. The molecule has 4 heteroatoms. The number of carbonyl (C=O) groups is 1. The molecule has 2 aliphatic rings. The summed E-state index contributed by atoms with van der Waals surface area (Å²) in [5, 5.41) is 3.30. The Hall–Kier alpha value is -1.39. The first-order valence-electron chi connectivity index (χ1n) is 6.91. The van der Waals surface area contributed by atoms with E-state index in [2.05, 4.69) is 36.5 Å². The molecule has 0 aromatic heterocycles. The molecular formula is C15H20N2O2. The molecule has 0 radical (unpaired) electrons. The van der Waals surface area contributed by atoms with E-state index in [1.54, 1.807) is 0 Å². The summed E-state index contributed by atoms with van der Waals surface area (Å²) in [6, 6.07) is 8.39. The lowest BCUT2D eigenvalue weighted by Crippen LogP contribution is -2.35. The second-order valence-corrected chi connectivity index (χ2v) is 5.47. The fourth-order valence-electron chi connectivity index (χ4n) is 2.80. The highest BCUT2D eigenvalue weighted by Gasteiger charge is 2.33. The van der Waals surface area contributed by atoms with Crippen molar-refractivity contribution in [3.8, 4) is 0 Å². The van der Waals surface area contributed by atoms with Crippen LogP contribution in [0.3, 0.4) is 0 Å². The van der Waals surface area contributed by atoms with Crippen LogP contribution in [0.2, 0.25) is 0 Å². The predicted molar refractivity (Wildman–Crippen MR) is 72.6 cm³/mol. The normalized spacial score (nSPS) is 27.2. The maximum atomic E-state index is 12.0. The molecule has 0 saturated carbocycles. The van der Waals surface area contributed by atoms with E-state index in [-0.39, 0.29) is 12.1 Å². The van der Waals surface area contributed by atoms with E-state index >= 15 is 0 Å². The first kappa shape index (κ1) is 12.6. The molecule has 4 nitrogen and oxygen atoms in total. The van der Waals surface area contributed by atoms with Gasteiger partial charge in [0.05, 0.1) is 13.2 Å². The Morgan fingerprint density at radius 2 is 2.16 bits per heavy atom. The van der Waals surface area contributed by atoms with Gasteiger partial charge in [-0.25, -0.2) is 0 Å². The standard InChI is InChI=1S/C15H20N2O2/c1-11-2-4-13(5-3-11)15-16-8-14(18)17(15)9-12-6-7-19-10-12/h2-5,12,15-16H,6-10H2,1H3. The van der Waals surface area contributed by atoms with Crippen molar-refractivity contribution in [1.82, 2.24) is 10.2 Å². The number of hydrogen-bond donors (Lipinski definition) is 1. The largest absolute Gasteiger partial charge is 0.381 e. The van der Waals surface area contributed by atoms with E-state index in [0.29, 0.717) is 12.5 Å². The van der Waals surface area contributed by atoms with Gasteiger partial charge in [0, 0.05) is 19.1 Å². The number of ether oxygens (including phenoxy) is 1. The quantitative estimate of drug-likeness (QED) is 0.894. The molecule has 1 aromatic rings. The van der Waals surface area contributed by atoms with Gasteiger partial charge in [0.1, 0.15) is 6.17 Å². The van der Waals surface area contributed by atoms with Crippen molar-refractivity contribution in [3.63, 3.8) is 0 Å². The monoisotopic (exact) mass is 260 g/mol. The number of nitrogens with one attached hydrogen (secondary N) is 1. The third-order valence-electron chi connectivity index (χ3n) is 3.95. The molecule has 2 heterocycles. The number of benzene rings is 1. The van der Waals surface area contributed by atoms with Gasteiger partial charge in [-0.3, -0.25) is 10.1 Å². The fourth-order valence-corrected chi connectivity index (χ4v) is 2.80. The van der Waals surface area contributed by atoms with Crippen LogP contribution < -0.4 is 5.32 Å². The summed E-state index contributed by atoms with van der Waals surface area (Å²) in [5.74, 6) is 0.675. The molecule has 1 amide bonds. The predicted octanol–water partition coefficient (Wildman–Crippen LogP) is 1.46. The Morgan fingerprint density at radius 1 is 1.37 bits per heavy atom. The first-order chi connectivity index (χ1) is 9.24. The highest BCUT2D eigenvalue weighted by molar-refractivity contribution is 5.81. The van der Waals surface area contributed by atoms with Crippen molar-refractivity contribution < 1.29 is 9.53 Å². The number of carbonyl (C=O) groups excluding carboxylic acids is 1. The molecule has 2 fully saturated rings. The van der Waals surface area contributed by atoms with Crippen molar-refractivity contribution in [2.75, 3.05) is 26.3 Å². The van der Waals surface area contributed by atoms with E-state index in [4.69, 9.17) is 4.74 Å². The van der Waals surface area contributed by atoms with Gasteiger partial charge < -0.3 is 9.64 Å². The van der Waals surface area contributed by atoms with Crippen LogP contribution in [-0.2, 0) is 9.53 Å². The van der Waals surface area contributed by atoms with Crippen LogP contribution in [0.25, 0.3) is 0 Å².